The van der Waals surface area contributed by atoms with Crippen molar-refractivity contribution >= 4 is 37.7 Å². The number of nitrogens with zero attached hydrogens (tertiary/aromatic N) is 2. The highest BCUT2D eigenvalue weighted by Crippen LogP contribution is 2.29. The Hall–Kier alpha value is -0.130. The fourth-order valence-corrected chi connectivity index (χ4v) is 3.08. The van der Waals surface area contributed by atoms with Gasteiger partial charge in [0.15, 0.2) is 0 Å². The number of morpholine rings is 1. The molecule has 1 fully saturated rings. The minimum Gasteiger partial charge on any atom is -0.372 e. The average molecular weight is 350 g/mol. The third-order valence-electron chi connectivity index (χ3n) is 2.51. The molecule has 0 amide bonds. The molecule has 1 aliphatic heterocycles. The van der Waals surface area contributed by atoms with E-state index in [-0.39, 0.29) is 5.60 Å². The summed E-state index contributed by atoms with van der Waals surface area (Å²) in [5.74, 6) is 0.986. The van der Waals surface area contributed by atoms with Gasteiger partial charge in [0, 0.05) is 23.8 Å². The lowest BCUT2D eigenvalue weighted by Crippen LogP contribution is -2.48. The number of hydrogen-bond donors (Lipinski definition) is 0. The van der Waals surface area contributed by atoms with E-state index >= 15 is 0 Å². The lowest BCUT2D eigenvalue weighted by Gasteiger charge is -2.39. The van der Waals surface area contributed by atoms with E-state index in [1.165, 1.54) is 0 Å². The Morgan fingerprint density at radius 1 is 1.44 bits per heavy atom. The minimum absolute atomic E-state index is 0.105. The van der Waals surface area contributed by atoms with E-state index in [1.807, 2.05) is 12.3 Å². The van der Waals surface area contributed by atoms with Gasteiger partial charge in [0.2, 0.25) is 0 Å². The fourth-order valence-electron chi connectivity index (χ4n) is 1.84. The summed E-state index contributed by atoms with van der Waals surface area (Å²) in [5, 5.41) is 0. The molecule has 0 unspecified atom stereocenters. The zero-order valence-electron chi connectivity index (χ0n) is 9.33. The molecule has 1 saturated heterocycles. The van der Waals surface area contributed by atoms with E-state index in [9.17, 15) is 0 Å². The molecule has 88 valence electrons. The molecule has 2 rings (SSSR count). The third-order valence-corrected chi connectivity index (χ3v) is 3.53. The second-order valence-electron chi connectivity index (χ2n) is 4.49. The Morgan fingerprint density at radius 3 is 2.81 bits per heavy atom. The summed E-state index contributed by atoms with van der Waals surface area (Å²) in [4.78, 5) is 6.69. The van der Waals surface area contributed by atoms with Crippen LogP contribution in [-0.4, -0.2) is 30.3 Å². The van der Waals surface area contributed by atoms with E-state index in [4.69, 9.17) is 4.74 Å². The molecular weight excluding hydrogens is 336 g/mol. The van der Waals surface area contributed by atoms with Gasteiger partial charge in [0.25, 0.3) is 0 Å². The molecule has 0 aromatic carbocycles. The minimum atomic E-state index is -0.105. The van der Waals surface area contributed by atoms with Crippen molar-refractivity contribution in [1.29, 1.82) is 0 Å². The van der Waals surface area contributed by atoms with Crippen LogP contribution in [0.15, 0.2) is 21.2 Å². The maximum Gasteiger partial charge on any atom is 0.143 e. The summed E-state index contributed by atoms with van der Waals surface area (Å²) in [6.45, 7) is 6.70. The first-order valence-electron chi connectivity index (χ1n) is 5.18. The van der Waals surface area contributed by atoms with E-state index in [1.54, 1.807) is 0 Å². The van der Waals surface area contributed by atoms with Crippen molar-refractivity contribution in [3.8, 4) is 0 Å². The highest BCUT2D eigenvalue weighted by atomic mass is 79.9. The quantitative estimate of drug-likeness (QED) is 0.778. The number of hydrogen-bond acceptors (Lipinski definition) is 3. The van der Waals surface area contributed by atoms with Crippen molar-refractivity contribution in [2.75, 3.05) is 24.6 Å². The first-order valence-corrected chi connectivity index (χ1v) is 6.76. The van der Waals surface area contributed by atoms with Gasteiger partial charge < -0.3 is 9.64 Å². The Labute approximate surface area is 112 Å². The van der Waals surface area contributed by atoms with Crippen molar-refractivity contribution in [3.63, 3.8) is 0 Å². The predicted octanol–water partition coefficient (Wildman–Crippen LogP) is 3.22. The van der Waals surface area contributed by atoms with E-state index < -0.39 is 0 Å². The average Bonchev–Trinajstić information content (AvgIpc) is 2.15. The molecule has 0 radical (unpaired) electrons. The first-order chi connectivity index (χ1) is 7.48. The van der Waals surface area contributed by atoms with Gasteiger partial charge >= 0.3 is 0 Å². The maximum atomic E-state index is 5.69. The van der Waals surface area contributed by atoms with Crippen LogP contribution < -0.4 is 4.90 Å². The highest BCUT2D eigenvalue weighted by Gasteiger charge is 2.28. The molecule has 16 heavy (non-hydrogen) atoms. The Kier molecular flexibility index (Phi) is 3.56. The summed E-state index contributed by atoms with van der Waals surface area (Å²) in [7, 11) is 0. The molecule has 0 bridgehead atoms. The highest BCUT2D eigenvalue weighted by molar-refractivity contribution is 9.11. The standard InChI is InChI=1S/C11H14Br2N2O/c1-11(2)7-15(3-4-16-11)10-9(13)5-8(12)6-14-10/h5-6H,3-4,7H2,1-2H3. The molecule has 0 spiro atoms. The van der Waals surface area contributed by atoms with Crippen LogP contribution in [0.2, 0.25) is 0 Å². The normalized spacial score (nSPS) is 19.9. The van der Waals surface area contributed by atoms with Gasteiger partial charge in [-0.05, 0) is 51.8 Å². The van der Waals surface area contributed by atoms with Crippen LogP contribution in [0.3, 0.4) is 0 Å². The topological polar surface area (TPSA) is 25.4 Å². The molecule has 1 aliphatic rings. The maximum absolute atomic E-state index is 5.69. The van der Waals surface area contributed by atoms with Crippen LogP contribution in [0, 0.1) is 0 Å². The number of rotatable bonds is 1. The molecule has 1 aromatic heterocycles. The summed E-state index contributed by atoms with van der Waals surface area (Å²) in [6.07, 6.45) is 1.82. The van der Waals surface area contributed by atoms with Crippen molar-refractivity contribution in [1.82, 2.24) is 4.98 Å². The van der Waals surface area contributed by atoms with Crippen LogP contribution in [-0.2, 0) is 4.74 Å². The van der Waals surface area contributed by atoms with Crippen molar-refractivity contribution in [2.45, 2.75) is 19.4 Å². The van der Waals surface area contributed by atoms with Crippen LogP contribution in [0.1, 0.15) is 13.8 Å². The van der Waals surface area contributed by atoms with Gasteiger partial charge in [0.05, 0.1) is 16.7 Å². The van der Waals surface area contributed by atoms with E-state index in [2.05, 4.69) is 55.6 Å². The summed E-state index contributed by atoms with van der Waals surface area (Å²) in [5.41, 5.74) is -0.105. The van der Waals surface area contributed by atoms with Gasteiger partial charge in [-0.3, -0.25) is 0 Å². The molecule has 1 aromatic rings. The SMILES string of the molecule is CC1(C)CN(c2ncc(Br)cc2Br)CCO1. The number of anilines is 1. The summed E-state index contributed by atoms with van der Waals surface area (Å²) < 4.78 is 7.68. The van der Waals surface area contributed by atoms with Gasteiger partial charge in [-0.1, -0.05) is 0 Å². The fraction of sp³-hybridized carbons (Fsp3) is 0.545. The Balaban J connectivity index is 2.23. The van der Waals surface area contributed by atoms with E-state index in [0.717, 1.165) is 34.5 Å². The predicted molar refractivity (Wildman–Crippen MR) is 71.9 cm³/mol. The molecule has 0 atom stereocenters. The number of ether oxygens (including phenoxy) is 1. The lowest BCUT2D eigenvalue weighted by atomic mass is 10.1. The first kappa shape index (κ1) is 12.3. The van der Waals surface area contributed by atoms with Crippen LogP contribution in [0.4, 0.5) is 5.82 Å². The molecular formula is C11H14Br2N2O. The van der Waals surface area contributed by atoms with E-state index in [0.29, 0.717) is 0 Å². The molecule has 3 nitrogen and oxygen atoms in total. The molecule has 0 N–H and O–H groups in total. The van der Waals surface area contributed by atoms with Crippen LogP contribution in [0.25, 0.3) is 0 Å². The van der Waals surface area contributed by atoms with Gasteiger partial charge in [-0.25, -0.2) is 4.98 Å². The number of halogens is 2. The van der Waals surface area contributed by atoms with Gasteiger partial charge in [-0.15, -0.1) is 0 Å². The molecule has 0 saturated carbocycles. The smallest absolute Gasteiger partial charge is 0.143 e. The number of aromatic nitrogens is 1. The van der Waals surface area contributed by atoms with Crippen LogP contribution in [0.5, 0.6) is 0 Å². The van der Waals surface area contributed by atoms with Gasteiger partial charge in [-0.2, -0.15) is 0 Å². The second kappa shape index (κ2) is 4.63. The summed E-state index contributed by atoms with van der Waals surface area (Å²) >= 11 is 6.95. The molecule has 2 heterocycles. The van der Waals surface area contributed by atoms with Gasteiger partial charge in [0.1, 0.15) is 5.82 Å². The van der Waals surface area contributed by atoms with Crippen molar-refractivity contribution in [2.24, 2.45) is 0 Å². The zero-order valence-corrected chi connectivity index (χ0v) is 12.5. The Bertz CT molecular complexity index is 396. The Morgan fingerprint density at radius 2 is 2.19 bits per heavy atom. The summed E-state index contributed by atoms with van der Waals surface area (Å²) in [6, 6.07) is 2.02. The third kappa shape index (κ3) is 2.76. The molecule has 0 aliphatic carbocycles. The zero-order chi connectivity index (χ0) is 11.8. The lowest BCUT2D eigenvalue weighted by molar-refractivity contribution is -0.0279. The monoisotopic (exact) mass is 348 g/mol. The van der Waals surface area contributed by atoms with Crippen LogP contribution >= 0.6 is 31.9 Å². The molecule has 5 heteroatoms. The second-order valence-corrected chi connectivity index (χ2v) is 6.26. The largest absolute Gasteiger partial charge is 0.372 e. The number of pyridine rings is 1. The van der Waals surface area contributed by atoms with Crippen molar-refractivity contribution in [3.05, 3.63) is 21.2 Å². The van der Waals surface area contributed by atoms with Crippen molar-refractivity contribution < 1.29 is 4.74 Å².